The van der Waals surface area contributed by atoms with Gasteiger partial charge in [-0.05, 0) is 18.6 Å². The van der Waals surface area contributed by atoms with Gasteiger partial charge in [-0.2, -0.15) is 0 Å². The second-order valence-electron chi connectivity index (χ2n) is 5.24. The third kappa shape index (κ3) is 7.86. The zero-order chi connectivity index (χ0) is 17.0. The molecular weight excluding hydrogens is 435 g/mol. The van der Waals surface area contributed by atoms with Crippen molar-refractivity contribution in [1.29, 1.82) is 0 Å². The van der Waals surface area contributed by atoms with Gasteiger partial charge in [0, 0.05) is 39.8 Å². The van der Waals surface area contributed by atoms with Crippen LogP contribution in [0.3, 0.4) is 0 Å². The molecule has 0 spiro atoms. The fourth-order valence-corrected chi connectivity index (χ4v) is 2.19. The van der Waals surface area contributed by atoms with Crippen molar-refractivity contribution in [3.8, 4) is 0 Å². The van der Waals surface area contributed by atoms with Gasteiger partial charge in [0.2, 0.25) is 0 Å². The van der Waals surface area contributed by atoms with Crippen molar-refractivity contribution in [2.45, 2.75) is 32.9 Å². The highest BCUT2D eigenvalue weighted by atomic mass is 127. The minimum Gasteiger partial charge on any atom is -0.467 e. The van der Waals surface area contributed by atoms with Crippen molar-refractivity contribution in [3.05, 3.63) is 36.3 Å². The summed E-state index contributed by atoms with van der Waals surface area (Å²) in [5.41, 5.74) is 0. The summed E-state index contributed by atoms with van der Waals surface area (Å²) in [4.78, 5) is 4.54. The number of furan rings is 1. The van der Waals surface area contributed by atoms with Gasteiger partial charge in [0.05, 0.1) is 6.26 Å². The van der Waals surface area contributed by atoms with Gasteiger partial charge >= 0.3 is 0 Å². The quantitative estimate of drug-likeness (QED) is 0.243. The summed E-state index contributed by atoms with van der Waals surface area (Å²) in [5, 5.41) is 14.7. The van der Waals surface area contributed by atoms with Crippen molar-refractivity contribution in [3.63, 3.8) is 0 Å². The molecule has 2 aromatic heterocycles. The molecule has 0 amide bonds. The maximum absolute atomic E-state index is 5.32. The van der Waals surface area contributed by atoms with Crippen LogP contribution >= 0.6 is 24.0 Å². The van der Waals surface area contributed by atoms with E-state index < -0.39 is 0 Å². The lowest BCUT2D eigenvalue weighted by molar-refractivity contribution is 0.195. The zero-order valence-electron chi connectivity index (χ0n) is 14.8. The van der Waals surface area contributed by atoms with Crippen molar-refractivity contribution in [1.82, 2.24) is 25.4 Å². The molecule has 2 N–H and O–H groups in total. The molecular formula is C16H27IN6O2. The van der Waals surface area contributed by atoms with E-state index in [1.54, 1.807) is 19.7 Å². The molecule has 2 rings (SSSR count). The van der Waals surface area contributed by atoms with Gasteiger partial charge in [0.15, 0.2) is 5.96 Å². The number of aryl methyl sites for hydroxylation is 1. The average molecular weight is 462 g/mol. The largest absolute Gasteiger partial charge is 0.467 e. The standard InChI is InChI=1S/C16H26N6O2.HI/c1-3-15-21-20-13-22(15)9-8-18-16(17-7-5-10-23-2)19-12-14-6-4-11-24-14;/h4,6,11,13H,3,5,7-10,12H2,1-2H3,(H2,17,18,19);1H. The van der Waals surface area contributed by atoms with Crippen LogP contribution in [0.2, 0.25) is 0 Å². The molecule has 140 valence electrons. The number of hydrogen-bond acceptors (Lipinski definition) is 5. The second-order valence-corrected chi connectivity index (χ2v) is 5.24. The van der Waals surface area contributed by atoms with Gasteiger partial charge < -0.3 is 24.4 Å². The zero-order valence-corrected chi connectivity index (χ0v) is 17.1. The van der Waals surface area contributed by atoms with Crippen molar-refractivity contribution < 1.29 is 9.15 Å². The number of halogens is 1. The summed E-state index contributed by atoms with van der Waals surface area (Å²) in [6.45, 7) is 5.61. The molecule has 8 nitrogen and oxygen atoms in total. The number of rotatable bonds is 10. The number of aromatic nitrogens is 3. The normalized spacial score (nSPS) is 11.2. The molecule has 0 saturated carbocycles. The Bertz CT molecular complexity index is 600. The van der Waals surface area contributed by atoms with Gasteiger partial charge in [-0.3, -0.25) is 0 Å². The number of nitrogens with one attached hydrogen (secondary N) is 2. The number of aliphatic imine (C=N–C) groups is 1. The lowest BCUT2D eigenvalue weighted by Gasteiger charge is -2.13. The van der Waals surface area contributed by atoms with E-state index in [0.717, 1.165) is 56.6 Å². The lowest BCUT2D eigenvalue weighted by Crippen LogP contribution is -2.39. The molecule has 0 bridgehead atoms. The van der Waals surface area contributed by atoms with E-state index in [1.165, 1.54) is 0 Å². The third-order valence-electron chi connectivity index (χ3n) is 3.45. The van der Waals surface area contributed by atoms with Gasteiger partial charge in [-0.1, -0.05) is 6.92 Å². The predicted octanol–water partition coefficient (Wildman–Crippen LogP) is 1.82. The lowest BCUT2D eigenvalue weighted by atomic mass is 10.4. The molecule has 0 fully saturated rings. The van der Waals surface area contributed by atoms with Crippen LogP contribution in [0.1, 0.15) is 24.9 Å². The van der Waals surface area contributed by atoms with Gasteiger partial charge in [-0.15, -0.1) is 34.2 Å². The Labute approximate surface area is 165 Å². The summed E-state index contributed by atoms with van der Waals surface area (Å²) in [5.74, 6) is 2.58. The van der Waals surface area contributed by atoms with Crippen LogP contribution in [0.4, 0.5) is 0 Å². The summed E-state index contributed by atoms with van der Waals surface area (Å²) in [7, 11) is 1.70. The molecule has 0 unspecified atom stereocenters. The number of ether oxygens (including phenoxy) is 1. The molecule has 0 aliphatic rings. The van der Waals surface area contributed by atoms with E-state index in [2.05, 4.69) is 32.7 Å². The van der Waals surface area contributed by atoms with E-state index in [-0.39, 0.29) is 24.0 Å². The molecule has 25 heavy (non-hydrogen) atoms. The van der Waals surface area contributed by atoms with Crippen LogP contribution < -0.4 is 10.6 Å². The highest BCUT2D eigenvalue weighted by Gasteiger charge is 2.03. The summed E-state index contributed by atoms with van der Waals surface area (Å²) in [6.07, 6.45) is 5.20. The maximum Gasteiger partial charge on any atom is 0.191 e. The van der Waals surface area contributed by atoms with Crippen molar-refractivity contribution in [2.75, 3.05) is 26.8 Å². The number of hydrogen-bond donors (Lipinski definition) is 2. The highest BCUT2D eigenvalue weighted by molar-refractivity contribution is 14.0. The molecule has 0 aliphatic heterocycles. The maximum atomic E-state index is 5.32. The first-order valence-electron chi connectivity index (χ1n) is 8.23. The first-order chi connectivity index (χ1) is 11.8. The average Bonchev–Trinajstić information content (AvgIpc) is 3.27. The minimum absolute atomic E-state index is 0. The Kier molecular flexibility index (Phi) is 10.9. The van der Waals surface area contributed by atoms with E-state index in [9.17, 15) is 0 Å². The van der Waals surface area contributed by atoms with Crippen LogP contribution in [-0.2, 0) is 24.2 Å². The number of nitrogens with zero attached hydrogens (tertiary/aromatic N) is 4. The molecule has 9 heteroatoms. The Balaban J connectivity index is 0.00000312. The SMILES string of the molecule is CCc1nncn1CCNC(=NCc1ccco1)NCCCOC.I. The topological polar surface area (TPSA) is 89.5 Å². The molecule has 2 heterocycles. The van der Waals surface area contributed by atoms with Gasteiger partial charge in [0.1, 0.15) is 24.5 Å². The highest BCUT2D eigenvalue weighted by Crippen LogP contribution is 2.01. The predicted molar refractivity (Wildman–Crippen MR) is 107 cm³/mol. The summed E-state index contributed by atoms with van der Waals surface area (Å²) in [6, 6.07) is 3.78. The monoisotopic (exact) mass is 462 g/mol. The smallest absolute Gasteiger partial charge is 0.191 e. The molecule has 0 atom stereocenters. The molecule has 2 aromatic rings. The van der Waals surface area contributed by atoms with Crippen LogP contribution in [-0.4, -0.2) is 47.5 Å². The molecule has 0 aliphatic carbocycles. The van der Waals surface area contributed by atoms with E-state index >= 15 is 0 Å². The number of methoxy groups -OCH3 is 1. The van der Waals surface area contributed by atoms with Gasteiger partial charge in [0.25, 0.3) is 0 Å². The summed E-state index contributed by atoms with van der Waals surface area (Å²) < 4.78 is 12.4. The molecule has 0 aromatic carbocycles. The Morgan fingerprint density at radius 1 is 1.36 bits per heavy atom. The van der Waals surface area contributed by atoms with Crippen LogP contribution in [0.5, 0.6) is 0 Å². The van der Waals surface area contributed by atoms with Crippen molar-refractivity contribution >= 4 is 29.9 Å². The van der Waals surface area contributed by atoms with Gasteiger partial charge in [-0.25, -0.2) is 4.99 Å². The minimum atomic E-state index is 0. The van der Waals surface area contributed by atoms with E-state index in [4.69, 9.17) is 9.15 Å². The van der Waals surface area contributed by atoms with E-state index in [0.29, 0.717) is 6.54 Å². The van der Waals surface area contributed by atoms with Crippen LogP contribution in [0, 0.1) is 0 Å². The van der Waals surface area contributed by atoms with Crippen LogP contribution in [0.25, 0.3) is 0 Å². The third-order valence-corrected chi connectivity index (χ3v) is 3.45. The fraction of sp³-hybridized carbons (Fsp3) is 0.562. The molecule has 0 saturated heterocycles. The second kappa shape index (κ2) is 12.7. The van der Waals surface area contributed by atoms with Crippen LogP contribution in [0.15, 0.2) is 34.1 Å². The fourth-order valence-electron chi connectivity index (χ4n) is 2.19. The van der Waals surface area contributed by atoms with E-state index in [1.807, 2.05) is 16.7 Å². The summed E-state index contributed by atoms with van der Waals surface area (Å²) >= 11 is 0. The Hall–Kier alpha value is -1.62. The molecule has 0 radical (unpaired) electrons. The Morgan fingerprint density at radius 3 is 2.92 bits per heavy atom. The first-order valence-corrected chi connectivity index (χ1v) is 8.23. The Morgan fingerprint density at radius 2 is 2.20 bits per heavy atom. The first kappa shape index (κ1) is 21.4. The number of guanidine groups is 1. The van der Waals surface area contributed by atoms with Crippen molar-refractivity contribution in [2.24, 2.45) is 4.99 Å².